The molecule has 0 unspecified atom stereocenters. The van der Waals surface area contributed by atoms with Gasteiger partial charge in [0.1, 0.15) is 0 Å². The zero-order valence-electron chi connectivity index (χ0n) is 19.7. The summed E-state index contributed by atoms with van der Waals surface area (Å²) in [5.74, 6) is 0.00997. The molecule has 1 amide bonds. The Morgan fingerprint density at radius 3 is 2.26 bits per heavy atom. The monoisotopic (exact) mass is 508 g/mol. The van der Waals surface area contributed by atoms with Gasteiger partial charge in [0.2, 0.25) is 0 Å². The van der Waals surface area contributed by atoms with Gasteiger partial charge in [0.15, 0.2) is 0 Å². The second-order valence-corrected chi connectivity index (χ2v) is 10.5. The molecule has 2 saturated heterocycles. The van der Waals surface area contributed by atoms with Crippen LogP contribution < -0.4 is 0 Å². The van der Waals surface area contributed by atoms with Crippen LogP contribution in [-0.2, 0) is 6.18 Å². The first-order valence-corrected chi connectivity index (χ1v) is 12.7. The van der Waals surface area contributed by atoms with Crippen LogP contribution in [0.5, 0.6) is 0 Å². The quantitative estimate of drug-likeness (QED) is 0.525. The predicted octanol–water partition coefficient (Wildman–Crippen LogP) is 5.63. The van der Waals surface area contributed by atoms with E-state index in [2.05, 4.69) is 9.58 Å². The first kappa shape index (κ1) is 24.6. The number of hydrogen-bond donors (Lipinski definition) is 0. The van der Waals surface area contributed by atoms with Crippen molar-refractivity contribution in [3.63, 3.8) is 0 Å². The summed E-state index contributed by atoms with van der Waals surface area (Å²) in [4.78, 5) is 17.9. The van der Waals surface area contributed by atoms with Crippen molar-refractivity contribution in [2.45, 2.75) is 75.0 Å². The molecule has 3 heterocycles. The van der Waals surface area contributed by atoms with E-state index in [1.165, 1.54) is 18.9 Å². The van der Waals surface area contributed by atoms with Gasteiger partial charge in [-0.1, -0.05) is 18.2 Å². The van der Waals surface area contributed by atoms with E-state index in [0.29, 0.717) is 42.6 Å². The first-order valence-electron chi connectivity index (χ1n) is 12.7. The van der Waals surface area contributed by atoms with Crippen LogP contribution in [0, 0.1) is 0 Å². The number of hydrogen-bond acceptors (Lipinski definition) is 3. The summed E-state index contributed by atoms with van der Waals surface area (Å²) in [6, 6.07) is 6.89. The summed E-state index contributed by atoms with van der Waals surface area (Å²) in [6.45, 7) is 2.98. The molecule has 2 aliphatic carbocycles. The van der Waals surface area contributed by atoms with Crippen molar-refractivity contribution in [3.8, 4) is 0 Å². The molecular formula is C26H32ClF3N4O. The minimum Gasteiger partial charge on any atom is -0.338 e. The third-order valence-electron chi connectivity index (χ3n) is 8.12. The Morgan fingerprint density at radius 1 is 0.886 bits per heavy atom. The fourth-order valence-corrected chi connectivity index (χ4v) is 6.01. The number of nitrogens with zero attached hydrogens (tertiary/aromatic N) is 4. The van der Waals surface area contributed by atoms with Gasteiger partial charge in [0, 0.05) is 44.1 Å². The number of halogens is 4. The van der Waals surface area contributed by atoms with Crippen molar-refractivity contribution in [2.75, 3.05) is 26.2 Å². The lowest BCUT2D eigenvalue weighted by Gasteiger charge is -2.33. The molecule has 1 aromatic carbocycles. The Morgan fingerprint density at radius 2 is 1.60 bits per heavy atom. The minimum atomic E-state index is -4.39. The molecule has 2 aromatic rings. The molecule has 9 heteroatoms. The average molecular weight is 509 g/mol. The third-order valence-corrected chi connectivity index (χ3v) is 8.12. The lowest BCUT2D eigenvalue weighted by molar-refractivity contribution is -0.138. The molecule has 5 nitrogen and oxygen atoms in total. The smallest absolute Gasteiger partial charge is 0.338 e. The molecular weight excluding hydrogens is 477 g/mol. The summed E-state index contributed by atoms with van der Waals surface area (Å²) in [5, 5.41) is 4.70. The molecule has 1 atom stereocenters. The Kier molecular flexibility index (Phi) is 6.64. The average Bonchev–Trinajstić information content (AvgIpc) is 3.77. The standard InChI is InChI=1S/C26H31F3N4O.ClH/c27-26(28,29)23-4-2-1-3-21(23)18-9-12-32(16-18)25(34)22-15-30-33(24(22)17-5-6-17)20-10-13-31(14-11-20)19-7-8-19;/h1-4,15,17-20H,5-14,16H2;1H/t18-;/m1./s1. The number of benzene rings is 1. The van der Waals surface area contributed by atoms with Crippen molar-refractivity contribution < 1.29 is 18.0 Å². The summed E-state index contributed by atoms with van der Waals surface area (Å²) >= 11 is 0. The van der Waals surface area contributed by atoms with Crippen molar-refractivity contribution in [1.82, 2.24) is 19.6 Å². The van der Waals surface area contributed by atoms with Crippen LogP contribution in [0.2, 0.25) is 0 Å². The first-order chi connectivity index (χ1) is 16.4. The van der Waals surface area contributed by atoms with Crippen LogP contribution in [0.25, 0.3) is 0 Å². The highest BCUT2D eigenvalue weighted by atomic mass is 35.5. The molecule has 35 heavy (non-hydrogen) atoms. The fourth-order valence-electron chi connectivity index (χ4n) is 6.01. The molecule has 6 rings (SSSR count). The number of piperidine rings is 1. The lowest BCUT2D eigenvalue weighted by Crippen LogP contribution is -2.36. The number of aromatic nitrogens is 2. The highest BCUT2D eigenvalue weighted by molar-refractivity contribution is 5.95. The number of rotatable bonds is 5. The van der Waals surface area contributed by atoms with E-state index in [9.17, 15) is 18.0 Å². The number of amides is 1. The maximum Gasteiger partial charge on any atom is 0.416 e. The van der Waals surface area contributed by atoms with E-state index in [4.69, 9.17) is 5.10 Å². The Hall–Kier alpha value is -2.06. The van der Waals surface area contributed by atoms with Gasteiger partial charge in [-0.25, -0.2) is 0 Å². The third kappa shape index (κ3) is 4.84. The van der Waals surface area contributed by atoms with Crippen LogP contribution in [0.15, 0.2) is 30.5 Å². The molecule has 0 spiro atoms. The van der Waals surface area contributed by atoms with Crippen LogP contribution in [0.1, 0.15) is 90.0 Å². The molecule has 0 bridgehead atoms. The van der Waals surface area contributed by atoms with E-state index in [1.54, 1.807) is 23.2 Å². The molecule has 4 fully saturated rings. The Bertz CT molecular complexity index is 1070. The van der Waals surface area contributed by atoms with Gasteiger partial charge < -0.3 is 9.80 Å². The number of carbonyl (C=O) groups excluding carboxylic acids is 1. The SMILES string of the molecule is Cl.O=C(c1cnn(C2CCN(C3CC3)CC2)c1C1CC1)N1CC[C@@H](c2ccccc2C(F)(F)F)C1. The second-order valence-electron chi connectivity index (χ2n) is 10.5. The van der Waals surface area contributed by atoms with Crippen molar-refractivity contribution in [3.05, 3.63) is 52.8 Å². The normalized spacial score (nSPS) is 24.0. The van der Waals surface area contributed by atoms with E-state index in [0.717, 1.165) is 56.6 Å². The Balaban J connectivity index is 0.00000253. The minimum absolute atomic E-state index is 0. The van der Waals surface area contributed by atoms with Crippen molar-refractivity contribution in [2.24, 2.45) is 0 Å². The van der Waals surface area contributed by atoms with Gasteiger partial charge in [-0.3, -0.25) is 9.48 Å². The van der Waals surface area contributed by atoms with Gasteiger partial charge in [-0.2, -0.15) is 18.3 Å². The van der Waals surface area contributed by atoms with Gasteiger partial charge in [0.05, 0.1) is 29.1 Å². The molecule has 4 aliphatic rings. The van der Waals surface area contributed by atoms with Crippen molar-refractivity contribution >= 4 is 18.3 Å². The molecule has 190 valence electrons. The Labute approximate surface area is 210 Å². The molecule has 2 saturated carbocycles. The largest absolute Gasteiger partial charge is 0.416 e. The van der Waals surface area contributed by atoms with Crippen LogP contribution in [-0.4, -0.2) is 57.7 Å². The highest BCUT2D eigenvalue weighted by Gasteiger charge is 2.40. The summed E-state index contributed by atoms with van der Waals surface area (Å²) < 4.78 is 42.7. The topological polar surface area (TPSA) is 41.4 Å². The summed E-state index contributed by atoms with van der Waals surface area (Å²) in [6.07, 6.45) is 4.81. The van der Waals surface area contributed by atoms with Gasteiger partial charge in [-0.15, -0.1) is 12.4 Å². The number of carbonyl (C=O) groups is 1. The molecule has 2 aliphatic heterocycles. The van der Waals surface area contributed by atoms with Crippen LogP contribution >= 0.6 is 12.4 Å². The summed E-state index contributed by atoms with van der Waals surface area (Å²) in [7, 11) is 0. The van der Waals surface area contributed by atoms with E-state index in [1.807, 2.05) is 0 Å². The summed E-state index contributed by atoms with van der Waals surface area (Å²) in [5.41, 5.74) is 1.44. The van der Waals surface area contributed by atoms with E-state index < -0.39 is 11.7 Å². The zero-order chi connectivity index (χ0) is 23.4. The van der Waals surface area contributed by atoms with Gasteiger partial charge >= 0.3 is 6.18 Å². The lowest BCUT2D eigenvalue weighted by atomic mass is 9.93. The predicted molar refractivity (Wildman–Crippen MR) is 129 cm³/mol. The molecule has 0 N–H and O–H groups in total. The van der Waals surface area contributed by atoms with Crippen LogP contribution in [0.3, 0.4) is 0 Å². The maximum atomic E-state index is 13.5. The van der Waals surface area contributed by atoms with Crippen molar-refractivity contribution in [1.29, 1.82) is 0 Å². The van der Waals surface area contributed by atoms with E-state index in [-0.39, 0.29) is 24.2 Å². The second kappa shape index (κ2) is 9.43. The van der Waals surface area contributed by atoms with E-state index >= 15 is 0 Å². The molecule has 1 aromatic heterocycles. The van der Waals surface area contributed by atoms with Crippen LogP contribution in [0.4, 0.5) is 13.2 Å². The van der Waals surface area contributed by atoms with Gasteiger partial charge in [0.25, 0.3) is 5.91 Å². The highest BCUT2D eigenvalue weighted by Crippen LogP contribution is 2.45. The fraction of sp³-hybridized carbons (Fsp3) is 0.615. The number of likely N-dealkylation sites (tertiary alicyclic amines) is 2. The zero-order valence-corrected chi connectivity index (χ0v) is 20.5. The maximum absolute atomic E-state index is 13.5. The molecule has 0 radical (unpaired) electrons. The van der Waals surface area contributed by atoms with Gasteiger partial charge in [-0.05, 0) is 56.6 Å². The number of alkyl halides is 3.